The number of nitrogens with one attached hydrogen (secondary N) is 1. The second-order valence-corrected chi connectivity index (χ2v) is 10.7. The van der Waals surface area contributed by atoms with Crippen LogP contribution in [0.1, 0.15) is 36.2 Å². The molecule has 0 fully saturated rings. The predicted molar refractivity (Wildman–Crippen MR) is 131 cm³/mol. The average molecular weight is 465 g/mol. The van der Waals surface area contributed by atoms with Crippen LogP contribution in [0.5, 0.6) is 0 Å². The lowest BCUT2D eigenvalue weighted by molar-refractivity contribution is -0.113. The van der Waals surface area contributed by atoms with E-state index < -0.39 is 0 Å². The summed E-state index contributed by atoms with van der Waals surface area (Å²) in [6, 6.07) is 7.79. The molecule has 1 aliphatic heterocycles. The van der Waals surface area contributed by atoms with E-state index in [2.05, 4.69) is 29.1 Å². The molecule has 0 saturated heterocycles. The van der Waals surface area contributed by atoms with E-state index >= 15 is 0 Å². The Hall–Kier alpha value is -2.55. The maximum atomic E-state index is 12.5. The van der Waals surface area contributed by atoms with Crippen molar-refractivity contribution in [2.45, 2.75) is 51.3 Å². The fourth-order valence-electron chi connectivity index (χ4n) is 4.10. The zero-order valence-electron chi connectivity index (χ0n) is 18.5. The van der Waals surface area contributed by atoms with Crippen molar-refractivity contribution in [1.82, 2.24) is 15.0 Å². The molecule has 6 nitrogen and oxygen atoms in total. The van der Waals surface area contributed by atoms with Crippen LogP contribution < -0.4 is 5.32 Å². The third-order valence-corrected chi connectivity index (χ3v) is 7.84. The zero-order chi connectivity index (χ0) is 22.5. The third kappa shape index (κ3) is 3.98. The minimum atomic E-state index is -0.222. The number of thioether (sulfide) groups is 1. The fraction of sp³-hybridized carbons (Fsp3) is 0.333. The Morgan fingerprint density at radius 1 is 1.25 bits per heavy atom. The second kappa shape index (κ2) is 8.10. The summed E-state index contributed by atoms with van der Waals surface area (Å²) < 4.78 is 7.02. The highest BCUT2D eigenvalue weighted by Gasteiger charge is 2.31. The van der Waals surface area contributed by atoms with E-state index in [0.29, 0.717) is 6.61 Å². The lowest BCUT2D eigenvalue weighted by Gasteiger charge is -2.32. The van der Waals surface area contributed by atoms with Crippen LogP contribution >= 0.6 is 23.1 Å². The van der Waals surface area contributed by atoms with Crippen LogP contribution in [0.25, 0.3) is 20.4 Å². The van der Waals surface area contributed by atoms with Crippen molar-refractivity contribution in [3.05, 3.63) is 53.0 Å². The van der Waals surface area contributed by atoms with Crippen LogP contribution in [0, 0.1) is 13.8 Å². The molecule has 4 heterocycles. The van der Waals surface area contributed by atoms with Crippen molar-refractivity contribution >= 4 is 55.1 Å². The van der Waals surface area contributed by atoms with Gasteiger partial charge in [-0.05, 0) is 51.0 Å². The third-order valence-electron chi connectivity index (χ3n) is 5.64. The van der Waals surface area contributed by atoms with E-state index in [0.717, 1.165) is 48.8 Å². The van der Waals surface area contributed by atoms with Crippen LogP contribution in [0.4, 0.5) is 5.69 Å². The van der Waals surface area contributed by atoms with Crippen molar-refractivity contribution in [1.29, 1.82) is 0 Å². The first-order valence-electron chi connectivity index (χ1n) is 10.5. The van der Waals surface area contributed by atoms with Gasteiger partial charge in [0.1, 0.15) is 16.2 Å². The molecule has 32 heavy (non-hydrogen) atoms. The maximum absolute atomic E-state index is 12.5. The average Bonchev–Trinajstić information content (AvgIpc) is 3.10. The van der Waals surface area contributed by atoms with Gasteiger partial charge >= 0.3 is 0 Å². The van der Waals surface area contributed by atoms with Gasteiger partial charge < -0.3 is 10.1 Å². The fourth-order valence-corrected chi connectivity index (χ4v) is 6.18. The molecule has 1 N–H and O–H groups in total. The molecule has 0 radical (unpaired) electrons. The molecule has 3 aromatic heterocycles. The first kappa shape index (κ1) is 21.3. The molecular weight excluding hydrogens is 440 g/mol. The molecule has 0 atom stereocenters. The number of pyridine rings is 1. The molecular formula is C24H24N4O2S2. The number of rotatable bonds is 4. The van der Waals surface area contributed by atoms with Gasteiger partial charge in [-0.25, -0.2) is 15.0 Å². The van der Waals surface area contributed by atoms with Crippen LogP contribution in [0.3, 0.4) is 0 Å². The van der Waals surface area contributed by atoms with Crippen LogP contribution in [0.2, 0.25) is 0 Å². The van der Waals surface area contributed by atoms with Crippen LogP contribution in [0.15, 0.2) is 35.6 Å². The monoisotopic (exact) mass is 464 g/mol. The SMILES string of the molecule is Cc1cccc(NC(=O)CSc2ncnc3c2sc2nc(C)c4c(c23)CC(C)(C)OC4)c1. The largest absolute Gasteiger partial charge is 0.370 e. The highest BCUT2D eigenvalue weighted by Crippen LogP contribution is 2.42. The summed E-state index contributed by atoms with van der Waals surface area (Å²) >= 11 is 3.04. The molecule has 0 aliphatic carbocycles. The highest BCUT2D eigenvalue weighted by molar-refractivity contribution is 8.00. The minimum Gasteiger partial charge on any atom is -0.370 e. The number of aryl methyl sites for hydroxylation is 2. The zero-order valence-corrected chi connectivity index (χ0v) is 20.1. The Morgan fingerprint density at radius 2 is 2.09 bits per heavy atom. The number of ether oxygens (including phenoxy) is 1. The Bertz CT molecular complexity index is 1360. The normalized spacial score (nSPS) is 15.1. The van der Waals surface area contributed by atoms with Gasteiger partial charge in [0.2, 0.25) is 5.91 Å². The molecule has 4 aromatic rings. The van der Waals surface area contributed by atoms with Gasteiger partial charge in [-0.1, -0.05) is 23.9 Å². The van der Waals surface area contributed by atoms with E-state index in [1.807, 2.05) is 38.1 Å². The van der Waals surface area contributed by atoms with Gasteiger partial charge in [0.25, 0.3) is 0 Å². The van der Waals surface area contributed by atoms with Crippen molar-refractivity contribution in [2.75, 3.05) is 11.1 Å². The number of nitrogens with zero attached hydrogens (tertiary/aromatic N) is 3. The lowest BCUT2D eigenvalue weighted by atomic mass is 9.89. The molecule has 1 amide bonds. The number of aromatic nitrogens is 3. The van der Waals surface area contributed by atoms with Crippen molar-refractivity contribution in [3.8, 4) is 0 Å². The van der Waals surface area contributed by atoms with Gasteiger partial charge in [0.15, 0.2) is 0 Å². The summed E-state index contributed by atoms with van der Waals surface area (Å²) in [7, 11) is 0. The van der Waals surface area contributed by atoms with E-state index in [1.165, 1.54) is 22.9 Å². The van der Waals surface area contributed by atoms with Crippen molar-refractivity contribution in [3.63, 3.8) is 0 Å². The molecule has 0 spiro atoms. The predicted octanol–water partition coefficient (Wildman–Crippen LogP) is 5.44. The number of carbonyl (C=O) groups excluding carboxylic acids is 1. The molecule has 0 bridgehead atoms. The topological polar surface area (TPSA) is 77.0 Å². The van der Waals surface area contributed by atoms with E-state index in [4.69, 9.17) is 9.72 Å². The number of fused-ring (bicyclic) bond motifs is 5. The van der Waals surface area contributed by atoms with E-state index in [1.54, 1.807) is 17.7 Å². The quantitative estimate of drug-likeness (QED) is 0.320. The number of benzene rings is 1. The first-order valence-corrected chi connectivity index (χ1v) is 12.3. The smallest absolute Gasteiger partial charge is 0.234 e. The maximum Gasteiger partial charge on any atom is 0.234 e. The molecule has 8 heteroatoms. The Labute approximate surface area is 194 Å². The summed E-state index contributed by atoms with van der Waals surface area (Å²) in [6.07, 6.45) is 2.41. The minimum absolute atomic E-state index is 0.0567. The van der Waals surface area contributed by atoms with E-state index in [9.17, 15) is 4.79 Å². The number of carbonyl (C=O) groups is 1. The van der Waals surface area contributed by atoms with Crippen molar-refractivity contribution < 1.29 is 9.53 Å². The standard InChI is InChI=1S/C24H24N4O2S2/c1-13-6-5-7-15(8-13)28-18(29)11-31-23-21-20(25-12-26-23)19-16-9-24(3,4)30-10-17(16)14(2)27-22(19)32-21/h5-8,12H,9-11H2,1-4H3,(H,28,29). The molecule has 1 aliphatic rings. The number of amides is 1. The van der Waals surface area contributed by atoms with Crippen LogP contribution in [-0.4, -0.2) is 32.2 Å². The molecule has 0 unspecified atom stereocenters. The second-order valence-electron chi connectivity index (χ2n) is 8.72. The lowest BCUT2D eigenvalue weighted by Crippen LogP contribution is -2.32. The van der Waals surface area contributed by atoms with Gasteiger partial charge in [-0.3, -0.25) is 4.79 Å². The summed E-state index contributed by atoms with van der Waals surface area (Å²) in [4.78, 5) is 27.5. The molecule has 1 aromatic carbocycles. The molecule has 0 saturated carbocycles. The Balaban J connectivity index is 1.47. The van der Waals surface area contributed by atoms with E-state index in [-0.39, 0.29) is 17.3 Å². The number of anilines is 1. The Kier molecular flexibility index (Phi) is 5.39. The first-order chi connectivity index (χ1) is 15.3. The van der Waals surface area contributed by atoms with Gasteiger partial charge in [0.05, 0.1) is 28.2 Å². The number of thiophene rings is 1. The summed E-state index contributed by atoms with van der Waals surface area (Å²) in [5.41, 5.74) is 6.07. The molecule has 164 valence electrons. The highest BCUT2D eigenvalue weighted by atomic mass is 32.2. The van der Waals surface area contributed by atoms with Gasteiger partial charge in [-0.2, -0.15) is 0 Å². The summed E-state index contributed by atoms with van der Waals surface area (Å²) in [5, 5.41) is 4.88. The van der Waals surface area contributed by atoms with Crippen LogP contribution in [-0.2, 0) is 22.6 Å². The summed E-state index contributed by atoms with van der Waals surface area (Å²) in [5.74, 6) is 0.221. The summed E-state index contributed by atoms with van der Waals surface area (Å²) in [6.45, 7) is 8.86. The van der Waals surface area contributed by atoms with Gasteiger partial charge in [-0.15, -0.1) is 11.3 Å². The van der Waals surface area contributed by atoms with Gasteiger partial charge in [0, 0.05) is 28.8 Å². The number of hydrogen-bond donors (Lipinski definition) is 1. The number of hydrogen-bond acceptors (Lipinski definition) is 7. The Morgan fingerprint density at radius 3 is 2.91 bits per heavy atom. The molecule has 5 rings (SSSR count). The van der Waals surface area contributed by atoms with Crippen molar-refractivity contribution in [2.24, 2.45) is 0 Å².